The third-order valence-electron chi connectivity index (χ3n) is 3.17. The fourth-order valence-corrected chi connectivity index (χ4v) is 2.32. The molecule has 0 spiro atoms. The first kappa shape index (κ1) is 11.5. The molecule has 18 heavy (non-hydrogen) atoms. The van der Waals surface area contributed by atoms with Crippen LogP contribution >= 0.6 is 0 Å². The molecule has 0 bridgehead atoms. The van der Waals surface area contributed by atoms with Gasteiger partial charge >= 0.3 is 6.18 Å². The standard InChI is InChI=1S/C11H11F3N4/c12-11(13,14)8-2-1-3-9-16-17-10(18(8)9)7-4-5-15-6-7/h1-3,7,15H,4-6H2. The quantitative estimate of drug-likeness (QED) is 0.846. The average Bonchev–Trinajstić information content (AvgIpc) is 2.95. The van der Waals surface area contributed by atoms with E-state index in [0.717, 1.165) is 23.4 Å². The number of pyridine rings is 1. The van der Waals surface area contributed by atoms with Crippen LogP contribution in [0, 0.1) is 0 Å². The lowest BCUT2D eigenvalue weighted by atomic mass is 10.1. The summed E-state index contributed by atoms with van der Waals surface area (Å²) in [5.41, 5.74) is -0.473. The molecule has 0 aromatic carbocycles. The van der Waals surface area contributed by atoms with E-state index in [-0.39, 0.29) is 11.6 Å². The van der Waals surface area contributed by atoms with Crippen LogP contribution in [0.4, 0.5) is 13.2 Å². The number of hydrogen-bond donors (Lipinski definition) is 1. The molecule has 3 rings (SSSR count). The van der Waals surface area contributed by atoms with Crippen molar-refractivity contribution in [1.29, 1.82) is 0 Å². The molecule has 1 aliphatic heterocycles. The summed E-state index contributed by atoms with van der Waals surface area (Å²) in [6, 6.07) is 3.94. The Kier molecular flexibility index (Phi) is 2.51. The minimum Gasteiger partial charge on any atom is -0.316 e. The van der Waals surface area contributed by atoms with E-state index < -0.39 is 11.9 Å². The Hall–Kier alpha value is -1.63. The third-order valence-corrected chi connectivity index (χ3v) is 3.17. The van der Waals surface area contributed by atoms with E-state index in [2.05, 4.69) is 15.5 Å². The highest BCUT2D eigenvalue weighted by atomic mass is 19.4. The molecule has 0 radical (unpaired) electrons. The molecule has 7 heteroatoms. The number of aromatic nitrogens is 3. The second kappa shape index (κ2) is 3.94. The number of fused-ring (bicyclic) bond motifs is 1. The van der Waals surface area contributed by atoms with Crippen LogP contribution < -0.4 is 5.32 Å². The summed E-state index contributed by atoms with van der Waals surface area (Å²) in [6.07, 6.45) is -3.62. The van der Waals surface area contributed by atoms with Crippen LogP contribution in [0.2, 0.25) is 0 Å². The molecule has 0 saturated carbocycles. The maximum absolute atomic E-state index is 13.0. The second-order valence-corrected chi connectivity index (χ2v) is 4.35. The first-order valence-corrected chi connectivity index (χ1v) is 5.69. The van der Waals surface area contributed by atoms with E-state index >= 15 is 0 Å². The summed E-state index contributed by atoms with van der Waals surface area (Å²) in [4.78, 5) is 0. The average molecular weight is 256 g/mol. The minimum absolute atomic E-state index is 0.0106. The van der Waals surface area contributed by atoms with Crippen LogP contribution in [0.25, 0.3) is 5.65 Å². The van der Waals surface area contributed by atoms with E-state index in [1.165, 1.54) is 12.1 Å². The Morgan fingerprint density at radius 3 is 2.78 bits per heavy atom. The van der Waals surface area contributed by atoms with Crippen molar-refractivity contribution >= 4 is 5.65 Å². The van der Waals surface area contributed by atoms with Gasteiger partial charge in [-0.2, -0.15) is 13.2 Å². The molecular weight excluding hydrogens is 245 g/mol. The van der Waals surface area contributed by atoms with Gasteiger partial charge in [-0.25, -0.2) is 0 Å². The van der Waals surface area contributed by atoms with Crippen LogP contribution in [0.15, 0.2) is 18.2 Å². The normalized spacial score (nSPS) is 20.7. The predicted octanol–water partition coefficient (Wildman–Crippen LogP) is 1.82. The van der Waals surface area contributed by atoms with Gasteiger partial charge in [-0.3, -0.25) is 4.40 Å². The zero-order valence-corrected chi connectivity index (χ0v) is 9.41. The van der Waals surface area contributed by atoms with Crippen LogP contribution in [-0.2, 0) is 6.18 Å². The molecule has 1 saturated heterocycles. The summed E-state index contributed by atoms with van der Waals surface area (Å²) < 4.78 is 40.0. The SMILES string of the molecule is FC(F)(F)c1cccc2nnc(C3CCNC3)n12. The lowest BCUT2D eigenvalue weighted by molar-refractivity contribution is -0.142. The van der Waals surface area contributed by atoms with Crippen molar-refractivity contribution in [2.45, 2.75) is 18.5 Å². The Labute approximate surface area is 101 Å². The third kappa shape index (κ3) is 1.74. The van der Waals surface area contributed by atoms with Gasteiger partial charge in [0.25, 0.3) is 0 Å². The van der Waals surface area contributed by atoms with Crippen molar-refractivity contribution in [3.8, 4) is 0 Å². The maximum Gasteiger partial charge on any atom is 0.431 e. The van der Waals surface area contributed by atoms with Crippen LogP contribution in [0.3, 0.4) is 0 Å². The topological polar surface area (TPSA) is 42.2 Å². The second-order valence-electron chi connectivity index (χ2n) is 4.35. The molecule has 1 fully saturated rings. The van der Waals surface area contributed by atoms with Crippen molar-refractivity contribution in [2.75, 3.05) is 13.1 Å². The van der Waals surface area contributed by atoms with Crippen LogP contribution in [0.5, 0.6) is 0 Å². The van der Waals surface area contributed by atoms with E-state index in [1.54, 1.807) is 0 Å². The fraction of sp³-hybridized carbons (Fsp3) is 0.455. The molecule has 1 atom stereocenters. The summed E-state index contributed by atoms with van der Waals surface area (Å²) >= 11 is 0. The van der Waals surface area contributed by atoms with Gasteiger partial charge in [0.1, 0.15) is 11.5 Å². The molecule has 0 aliphatic carbocycles. The smallest absolute Gasteiger partial charge is 0.316 e. The largest absolute Gasteiger partial charge is 0.431 e. The first-order chi connectivity index (χ1) is 8.57. The molecule has 1 N–H and O–H groups in total. The molecular formula is C11H11F3N4. The summed E-state index contributed by atoms with van der Waals surface area (Å²) in [7, 11) is 0. The molecule has 2 aromatic rings. The monoisotopic (exact) mass is 256 g/mol. The van der Waals surface area contributed by atoms with Crippen LogP contribution in [-0.4, -0.2) is 27.7 Å². The molecule has 0 amide bonds. The predicted molar refractivity (Wildman–Crippen MR) is 58.2 cm³/mol. The highest BCUT2D eigenvalue weighted by Crippen LogP contribution is 2.32. The van der Waals surface area contributed by atoms with Crippen molar-refractivity contribution < 1.29 is 13.2 Å². The highest BCUT2D eigenvalue weighted by molar-refractivity contribution is 5.41. The van der Waals surface area contributed by atoms with E-state index in [4.69, 9.17) is 0 Å². The zero-order chi connectivity index (χ0) is 12.8. The number of nitrogens with zero attached hydrogens (tertiary/aromatic N) is 3. The van der Waals surface area contributed by atoms with Gasteiger partial charge in [0.05, 0.1) is 0 Å². The molecule has 96 valence electrons. The van der Waals surface area contributed by atoms with Gasteiger partial charge in [0, 0.05) is 12.5 Å². The Morgan fingerprint density at radius 1 is 1.28 bits per heavy atom. The van der Waals surface area contributed by atoms with Crippen LogP contribution in [0.1, 0.15) is 23.9 Å². The van der Waals surface area contributed by atoms with Gasteiger partial charge in [-0.15, -0.1) is 10.2 Å². The number of halogens is 3. The summed E-state index contributed by atoms with van der Waals surface area (Å²) in [6.45, 7) is 1.45. The Bertz CT molecular complexity index is 569. The highest BCUT2D eigenvalue weighted by Gasteiger charge is 2.35. The van der Waals surface area contributed by atoms with E-state index in [1.807, 2.05) is 0 Å². The molecule has 3 heterocycles. The molecule has 1 unspecified atom stereocenters. The van der Waals surface area contributed by atoms with Crippen molar-refractivity contribution in [3.63, 3.8) is 0 Å². The summed E-state index contributed by atoms with van der Waals surface area (Å²) in [5.74, 6) is 0.381. The van der Waals surface area contributed by atoms with Crippen molar-refractivity contribution in [1.82, 2.24) is 19.9 Å². The van der Waals surface area contributed by atoms with Crippen molar-refractivity contribution in [3.05, 3.63) is 29.7 Å². The molecule has 4 nitrogen and oxygen atoms in total. The van der Waals surface area contributed by atoms with Gasteiger partial charge in [0.2, 0.25) is 0 Å². The number of rotatable bonds is 1. The summed E-state index contributed by atoms with van der Waals surface area (Å²) in [5, 5.41) is 10.9. The molecule has 2 aromatic heterocycles. The first-order valence-electron chi connectivity index (χ1n) is 5.69. The lowest BCUT2D eigenvalue weighted by Gasteiger charge is -2.13. The Morgan fingerprint density at radius 2 is 2.11 bits per heavy atom. The number of nitrogens with one attached hydrogen (secondary N) is 1. The number of hydrogen-bond acceptors (Lipinski definition) is 3. The van der Waals surface area contributed by atoms with E-state index in [9.17, 15) is 13.2 Å². The minimum atomic E-state index is -4.40. The van der Waals surface area contributed by atoms with Gasteiger partial charge in [-0.1, -0.05) is 6.07 Å². The number of alkyl halides is 3. The lowest BCUT2D eigenvalue weighted by Crippen LogP contribution is -2.16. The Balaban J connectivity index is 2.21. The van der Waals surface area contributed by atoms with Gasteiger partial charge in [-0.05, 0) is 25.1 Å². The zero-order valence-electron chi connectivity index (χ0n) is 9.41. The fourth-order valence-electron chi connectivity index (χ4n) is 2.32. The maximum atomic E-state index is 13.0. The van der Waals surface area contributed by atoms with Crippen molar-refractivity contribution in [2.24, 2.45) is 0 Å². The van der Waals surface area contributed by atoms with E-state index in [0.29, 0.717) is 12.4 Å². The van der Waals surface area contributed by atoms with Gasteiger partial charge < -0.3 is 5.32 Å². The van der Waals surface area contributed by atoms with Gasteiger partial charge in [0.15, 0.2) is 5.65 Å². The molecule has 1 aliphatic rings.